The van der Waals surface area contributed by atoms with Crippen LogP contribution < -0.4 is 16.0 Å². The minimum Gasteiger partial charge on any atom is -0.383 e. The van der Waals surface area contributed by atoms with E-state index in [-0.39, 0.29) is 76.9 Å². The van der Waals surface area contributed by atoms with Crippen molar-refractivity contribution in [2.45, 2.75) is 203 Å². The van der Waals surface area contributed by atoms with E-state index in [1.165, 1.54) is 59.2 Å². The number of amides is 12. The fourth-order valence-corrected chi connectivity index (χ4v) is 15.1. The molecule has 604 valence electrons. The number of nitrogens with one attached hydrogen (secondary N) is 3. The molecule has 2 aliphatic carbocycles. The minimum absolute atomic E-state index is 0.00763. The van der Waals surface area contributed by atoms with Crippen molar-refractivity contribution < 1.29 is 102 Å². The Bertz CT molecular complexity index is 3650. The molecule has 0 unspecified atom stereocenters. The molecular formula is C75H104F8N12O14. The van der Waals surface area contributed by atoms with Crippen LogP contribution in [0.2, 0.25) is 0 Å². The number of alkyl halides is 6. The van der Waals surface area contributed by atoms with Crippen LogP contribution in [0.3, 0.4) is 0 Å². The molecule has 0 radical (unpaired) electrons. The Hall–Kier alpha value is -8.82. The third-order valence-electron chi connectivity index (χ3n) is 22.0. The molecule has 2 aromatic rings. The topological polar surface area (TPSA) is 289 Å². The van der Waals surface area contributed by atoms with Gasteiger partial charge in [0.2, 0.25) is 70.9 Å². The highest BCUT2D eigenvalue weighted by molar-refractivity contribution is 6.01. The lowest BCUT2D eigenvalue weighted by Crippen LogP contribution is -2.68. The third-order valence-corrected chi connectivity index (χ3v) is 22.0. The maximum Gasteiger partial charge on any atom is 0.422 e. The first kappa shape index (κ1) is 87.4. The lowest BCUT2D eigenvalue weighted by Gasteiger charge is -2.46. The molecule has 2 bridgehead atoms. The van der Waals surface area contributed by atoms with Crippen molar-refractivity contribution in [3.8, 4) is 0 Å². The van der Waals surface area contributed by atoms with Crippen LogP contribution >= 0.6 is 0 Å². The van der Waals surface area contributed by atoms with Gasteiger partial charge in [-0.05, 0) is 118 Å². The highest BCUT2D eigenvalue weighted by atomic mass is 19.4. The molecule has 109 heavy (non-hydrogen) atoms. The SMILES string of the molecule is CCO[C@@H]1C[C@H]2C(=O)NC3(CCC3)C(=O)N(C)[C@@H](C3CCCC3)C(=O)N(C)[C@H](C(=O)N(C)CCOC)CC(=O)N(C)[C@@H](CC)C(=O)N[C@@H]([C@@H](C)CC)C(=O)N(C)CC(=O)N(C)[C@@H]3C/C=C\CCN(C3=O)[C@@H](Cc3ccc(C(F)(F)F)cc3)C(=O)N(C)CC(=O)N[C@@H](CCc3cc(F)c(C(F)(F)F)c(F)c3)C(=O)N2C1. The molecule has 2 saturated carbocycles. The molecule has 3 heterocycles. The molecule has 3 aliphatic heterocycles. The summed E-state index contributed by atoms with van der Waals surface area (Å²) in [6.07, 6.45) is -7.67. The predicted octanol–water partition coefficient (Wildman–Crippen LogP) is 5.12. The zero-order chi connectivity index (χ0) is 80.9. The summed E-state index contributed by atoms with van der Waals surface area (Å²) in [6, 6.07) is -7.44. The lowest BCUT2D eigenvalue weighted by atomic mass is 9.74. The van der Waals surface area contributed by atoms with Gasteiger partial charge in [0.1, 0.15) is 71.1 Å². The second kappa shape index (κ2) is 37.7. The number of methoxy groups -OCH3 is 1. The summed E-state index contributed by atoms with van der Waals surface area (Å²) in [7, 11) is 10.6. The van der Waals surface area contributed by atoms with Gasteiger partial charge in [0, 0.05) is 95.5 Å². The van der Waals surface area contributed by atoms with Crippen molar-refractivity contribution in [3.05, 3.63) is 82.4 Å². The van der Waals surface area contributed by atoms with E-state index in [2.05, 4.69) is 16.0 Å². The number of likely N-dealkylation sites (N-methyl/N-ethyl adjacent to an activating group) is 7. The standard InChI is InChI=1S/C75H104F8N12O14/c1-13-44(4)62-70(105)89(7)43-60(98)91(9)54-24-17-16-20-33-94(69(54)104)57(38-45-25-28-48(29-26-45)74(78,79)80)68(103)88(6)42-58(96)84-52(30-27-46-36-50(76)61(51(77)37-46)75(81,82)83)66(101)95-41-49(109-15-3)39-55(95)65(100)86-73(31-21-32-73)72(107)93(11)63(47-22-18-19-23-47)71(106)92(10)56(67(102)87(5)34-35-108-12)40-59(97)90(8)53(14-2)64(99)85-62/h16-17,25-26,28-29,36-37,44,47,49,52-57,62-63H,13-15,18-24,27,30-35,38-43H2,1-12H3,(H,84,96)(H,85,99)(H,86,100)/b17-16-/t44-,49+,52-,53-,54+,55-,56-,57-,62-,63-/m0/s1. The van der Waals surface area contributed by atoms with Crippen LogP contribution in [-0.2, 0) is 92.2 Å². The molecule has 26 nitrogen and oxygen atoms in total. The van der Waals surface area contributed by atoms with Crippen molar-refractivity contribution in [1.82, 2.24) is 60.0 Å². The number of fused-ring (bicyclic) bond motifs is 3. The number of carbonyl (C=O) groups is 12. The van der Waals surface area contributed by atoms with E-state index < -0.39 is 222 Å². The summed E-state index contributed by atoms with van der Waals surface area (Å²) in [4.78, 5) is 191. The Kier molecular flexibility index (Phi) is 30.3. The zero-order valence-corrected chi connectivity index (χ0v) is 64.0. The van der Waals surface area contributed by atoms with E-state index in [1.54, 1.807) is 39.8 Å². The average molecular weight is 1550 g/mol. The molecule has 7 rings (SSSR count). The van der Waals surface area contributed by atoms with Gasteiger partial charge in [-0.3, -0.25) is 57.5 Å². The third kappa shape index (κ3) is 21.0. The van der Waals surface area contributed by atoms with Gasteiger partial charge < -0.3 is 69.5 Å². The summed E-state index contributed by atoms with van der Waals surface area (Å²) in [5, 5.41) is 8.22. The van der Waals surface area contributed by atoms with E-state index in [1.807, 2.05) is 0 Å². The molecule has 4 fully saturated rings. The van der Waals surface area contributed by atoms with Crippen LogP contribution in [0.25, 0.3) is 0 Å². The van der Waals surface area contributed by atoms with Gasteiger partial charge in [0.05, 0.1) is 37.8 Å². The molecule has 12 amide bonds. The van der Waals surface area contributed by atoms with Crippen molar-refractivity contribution in [3.63, 3.8) is 0 Å². The Labute approximate surface area is 630 Å². The predicted molar refractivity (Wildman–Crippen MR) is 380 cm³/mol. The maximum absolute atomic E-state index is 15.6. The second-order valence-corrected chi connectivity index (χ2v) is 29.3. The Balaban J connectivity index is 1.35. The number of hydrogen-bond donors (Lipinski definition) is 3. The molecule has 2 aromatic carbocycles. The fraction of sp³-hybridized carbons (Fsp3) is 0.653. The van der Waals surface area contributed by atoms with Gasteiger partial charge in [0.25, 0.3) is 0 Å². The number of carbonyl (C=O) groups excluding carboxylic acids is 12. The Morgan fingerprint density at radius 1 is 0.688 bits per heavy atom. The Morgan fingerprint density at radius 2 is 1.32 bits per heavy atom. The summed E-state index contributed by atoms with van der Waals surface area (Å²) < 4.78 is 125. The van der Waals surface area contributed by atoms with Crippen LogP contribution in [-0.4, -0.2) is 277 Å². The molecule has 10 atom stereocenters. The van der Waals surface area contributed by atoms with Gasteiger partial charge in [-0.25, -0.2) is 8.78 Å². The normalized spacial score (nSPS) is 25.9. The summed E-state index contributed by atoms with van der Waals surface area (Å²) in [5.74, 6) is -15.3. The van der Waals surface area contributed by atoms with Crippen molar-refractivity contribution in [2.24, 2.45) is 11.8 Å². The van der Waals surface area contributed by atoms with Gasteiger partial charge in [-0.15, -0.1) is 0 Å². The van der Waals surface area contributed by atoms with Gasteiger partial charge >= 0.3 is 12.4 Å². The van der Waals surface area contributed by atoms with Crippen LogP contribution in [0.4, 0.5) is 35.1 Å². The highest BCUT2D eigenvalue weighted by Gasteiger charge is 2.54. The molecule has 3 N–H and O–H groups in total. The van der Waals surface area contributed by atoms with Crippen molar-refractivity contribution in [1.29, 1.82) is 0 Å². The number of rotatable bonds is 15. The number of nitrogens with zero attached hydrogens (tertiary/aromatic N) is 9. The van der Waals surface area contributed by atoms with E-state index >= 15 is 37.5 Å². The van der Waals surface area contributed by atoms with E-state index in [4.69, 9.17) is 9.47 Å². The molecule has 1 spiro atoms. The van der Waals surface area contributed by atoms with Gasteiger partial charge in [-0.1, -0.05) is 64.3 Å². The number of ether oxygens (including phenoxy) is 2. The Morgan fingerprint density at radius 3 is 1.89 bits per heavy atom. The number of hydrogen-bond acceptors (Lipinski definition) is 14. The molecular weight excluding hydrogens is 1440 g/mol. The summed E-state index contributed by atoms with van der Waals surface area (Å²) in [5.41, 5.74) is -5.27. The van der Waals surface area contributed by atoms with Crippen molar-refractivity contribution >= 4 is 70.9 Å². The van der Waals surface area contributed by atoms with Crippen LogP contribution in [0.1, 0.15) is 140 Å². The van der Waals surface area contributed by atoms with Gasteiger partial charge in [-0.2, -0.15) is 26.3 Å². The van der Waals surface area contributed by atoms with E-state index in [0.29, 0.717) is 50.7 Å². The molecule has 34 heteroatoms. The molecule has 0 aromatic heterocycles. The second-order valence-electron chi connectivity index (χ2n) is 29.3. The zero-order valence-electron chi connectivity index (χ0n) is 64.0. The van der Waals surface area contributed by atoms with Crippen LogP contribution in [0.5, 0.6) is 0 Å². The maximum atomic E-state index is 15.6. The minimum atomic E-state index is -5.46. The lowest BCUT2D eigenvalue weighted by molar-refractivity contribution is -0.158. The van der Waals surface area contributed by atoms with Gasteiger partial charge in [0.15, 0.2) is 0 Å². The van der Waals surface area contributed by atoms with Crippen LogP contribution in [0.15, 0.2) is 48.6 Å². The smallest absolute Gasteiger partial charge is 0.383 e. The average Bonchev–Trinajstić information content (AvgIpc) is 1.72. The first-order chi connectivity index (χ1) is 51.2. The number of halogens is 8. The summed E-state index contributed by atoms with van der Waals surface area (Å²) >= 11 is 0. The number of aryl methyl sites for hydroxylation is 1. The monoisotopic (exact) mass is 1550 g/mol. The van der Waals surface area contributed by atoms with E-state index in [0.717, 1.165) is 65.6 Å². The first-order valence-corrected chi connectivity index (χ1v) is 37.0. The molecule has 5 aliphatic rings. The fourth-order valence-electron chi connectivity index (χ4n) is 15.1. The molecule has 2 saturated heterocycles. The van der Waals surface area contributed by atoms with E-state index in [9.17, 15) is 55.1 Å². The summed E-state index contributed by atoms with van der Waals surface area (Å²) in [6.45, 7) is 4.54. The van der Waals surface area contributed by atoms with Crippen molar-refractivity contribution in [2.75, 3.05) is 102 Å². The number of benzene rings is 2. The quantitative estimate of drug-likeness (QED) is 0.154. The van der Waals surface area contributed by atoms with Crippen LogP contribution in [0, 0.1) is 23.5 Å². The largest absolute Gasteiger partial charge is 0.422 e. The first-order valence-electron chi connectivity index (χ1n) is 37.0. The highest BCUT2D eigenvalue weighted by Crippen LogP contribution is 2.40.